The van der Waals surface area contributed by atoms with Crippen molar-refractivity contribution in [3.05, 3.63) is 71.8 Å². The van der Waals surface area contributed by atoms with Crippen molar-refractivity contribution in [1.82, 2.24) is 0 Å². The number of carbonyl (C=O) groups excluding carboxylic acids is 1. The Bertz CT molecular complexity index is 774. The fraction of sp³-hybridized carbons (Fsp3) is 0.250. The summed E-state index contributed by atoms with van der Waals surface area (Å²) in [6.07, 6.45) is 2.94. The topological polar surface area (TPSA) is 55.4 Å². The third kappa shape index (κ3) is 4.24. The summed E-state index contributed by atoms with van der Waals surface area (Å²) in [5.41, 5.74) is 5.06. The highest BCUT2D eigenvalue weighted by Crippen LogP contribution is 2.30. The van der Waals surface area contributed by atoms with Crippen LogP contribution < -0.4 is 9.62 Å². The van der Waals surface area contributed by atoms with E-state index in [9.17, 15) is 9.35 Å². The maximum Gasteiger partial charge on any atom is 0.227 e. The summed E-state index contributed by atoms with van der Waals surface area (Å²) >= 11 is -1.20. The molecule has 0 saturated heterocycles. The van der Waals surface area contributed by atoms with Crippen LogP contribution >= 0.6 is 0 Å². The molecule has 2 aromatic rings. The highest BCUT2D eigenvalue weighted by atomic mass is 32.2. The fourth-order valence-electron chi connectivity index (χ4n) is 2.96. The van der Waals surface area contributed by atoms with Crippen molar-refractivity contribution in [3.8, 4) is 0 Å². The molecular formula is C20H22N2O2S. The van der Waals surface area contributed by atoms with Crippen LogP contribution in [0.25, 0.3) is 0 Å². The highest BCUT2D eigenvalue weighted by Gasteiger charge is 2.23. The van der Waals surface area contributed by atoms with Crippen molar-refractivity contribution in [3.63, 3.8) is 0 Å². The summed E-state index contributed by atoms with van der Waals surface area (Å²) in [5, 5.41) is 0. The molecule has 1 heterocycles. The molecule has 3 rings (SSSR count). The van der Waals surface area contributed by atoms with Crippen LogP contribution in [0.4, 0.5) is 11.4 Å². The monoisotopic (exact) mass is 354 g/mol. The van der Waals surface area contributed by atoms with Crippen molar-refractivity contribution < 1.29 is 9.35 Å². The van der Waals surface area contributed by atoms with Crippen molar-refractivity contribution in [2.45, 2.75) is 25.5 Å². The van der Waals surface area contributed by atoms with E-state index in [0.29, 0.717) is 25.1 Å². The van der Waals surface area contributed by atoms with Gasteiger partial charge in [0.05, 0.1) is 17.0 Å². The minimum atomic E-state index is -1.20. The quantitative estimate of drug-likeness (QED) is 0.635. The second-order valence-corrected chi connectivity index (χ2v) is 7.40. The van der Waals surface area contributed by atoms with Crippen LogP contribution in [0.5, 0.6) is 0 Å². The number of aryl methyl sites for hydroxylation is 2. The Labute approximate surface area is 151 Å². The highest BCUT2D eigenvalue weighted by molar-refractivity contribution is 7.91. The molecule has 0 spiro atoms. The molecule has 1 aliphatic heterocycles. The number of hydrogen-bond acceptors (Lipinski definition) is 3. The van der Waals surface area contributed by atoms with Gasteiger partial charge >= 0.3 is 0 Å². The Morgan fingerprint density at radius 2 is 2.00 bits per heavy atom. The first-order valence-electron chi connectivity index (χ1n) is 8.31. The van der Waals surface area contributed by atoms with E-state index < -0.39 is 11.4 Å². The second-order valence-electron chi connectivity index (χ2n) is 6.21. The number of anilines is 2. The van der Waals surface area contributed by atoms with Crippen molar-refractivity contribution >= 4 is 28.6 Å². The zero-order valence-corrected chi connectivity index (χ0v) is 15.1. The van der Waals surface area contributed by atoms with Crippen LogP contribution in [0, 0.1) is 6.92 Å². The van der Waals surface area contributed by atoms with Gasteiger partial charge < -0.3 is 9.45 Å². The van der Waals surface area contributed by atoms with Gasteiger partial charge in [0.2, 0.25) is 5.91 Å². The first-order valence-corrected chi connectivity index (χ1v) is 9.63. The van der Waals surface area contributed by atoms with Crippen LogP contribution in [0.15, 0.2) is 55.1 Å². The molecule has 0 radical (unpaired) electrons. The van der Waals surface area contributed by atoms with Gasteiger partial charge in [0.15, 0.2) is 5.75 Å². The van der Waals surface area contributed by atoms with E-state index in [1.807, 2.05) is 49.4 Å². The van der Waals surface area contributed by atoms with Crippen LogP contribution in [-0.4, -0.2) is 17.0 Å². The number of benzene rings is 2. The summed E-state index contributed by atoms with van der Waals surface area (Å²) in [7, 11) is 0. The zero-order chi connectivity index (χ0) is 17.8. The number of nitrogens with one attached hydrogen (secondary N) is 1. The number of fused-ring (bicyclic) bond motifs is 1. The minimum absolute atomic E-state index is 0.121. The SMILES string of the molecule is C=CCN1C(=O)CCc2cc(N[S+]([O-])Cc3ccc(C)cc3)ccc21. The molecule has 0 fully saturated rings. The van der Waals surface area contributed by atoms with Crippen LogP contribution in [0.2, 0.25) is 0 Å². The van der Waals surface area contributed by atoms with Gasteiger partial charge in [0.25, 0.3) is 0 Å². The molecule has 1 amide bonds. The van der Waals surface area contributed by atoms with Gasteiger partial charge in [-0.3, -0.25) is 4.79 Å². The predicted molar refractivity (Wildman–Crippen MR) is 104 cm³/mol. The van der Waals surface area contributed by atoms with Crippen LogP contribution in [0.1, 0.15) is 23.1 Å². The Kier molecular flexibility index (Phi) is 5.46. The Balaban J connectivity index is 1.70. The minimum Gasteiger partial charge on any atom is -0.593 e. The maximum atomic E-state index is 12.4. The number of nitrogens with zero attached hydrogens (tertiary/aromatic N) is 1. The van der Waals surface area contributed by atoms with Gasteiger partial charge in [0.1, 0.15) is 0 Å². The maximum absolute atomic E-state index is 12.4. The molecule has 1 unspecified atom stereocenters. The van der Waals surface area contributed by atoms with Gasteiger partial charge in [-0.1, -0.05) is 35.9 Å². The second kappa shape index (κ2) is 7.76. The Morgan fingerprint density at radius 1 is 1.24 bits per heavy atom. The summed E-state index contributed by atoms with van der Waals surface area (Å²) < 4.78 is 15.4. The number of amides is 1. The van der Waals surface area contributed by atoms with E-state index >= 15 is 0 Å². The summed E-state index contributed by atoms with van der Waals surface area (Å²) in [5.74, 6) is 0.578. The molecule has 1 atom stereocenters. The largest absolute Gasteiger partial charge is 0.593 e. The smallest absolute Gasteiger partial charge is 0.227 e. The normalized spacial score (nSPS) is 14.8. The molecule has 0 saturated carbocycles. The average molecular weight is 354 g/mol. The lowest BCUT2D eigenvalue weighted by Crippen LogP contribution is -2.35. The Morgan fingerprint density at radius 3 is 2.72 bits per heavy atom. The molecule has 4 nitrogen and oxygen atoms in total. The van der Waals surface area contributed by atoms with Crippen molar-refractivity contribution in [2.24, 2.45) is 0 Å². The fourth-order valence-corrected chi connectivity index (χ4v) is 3.91. The van der Waals surface area contributed by atoms with Crippen LogP contribution in [-0.2, 0) is 28.3 Å². The lowest BCUT2D eigenvalue weighted by molar-refractivity contribution is -0.118. The Hall–Kier alpha value is -2.24. The van der Waals surface area contributed by atoms with E-state index in [2.05, 4.69) is 11.3 Å². The van der Waals surface area contributed by atoms with Gasteiger partial charge in [0, 0.05) is 24.2 Å². The molecule has 1 aliphatic rings. The summed E-state index contributed by atoms with van der Waals surface area (Å²) in [6.45, 7) is 6.26. The number of rotatable bonds is 6. The van der Waals surface area contributed by atoms with Crippen molar-refractivity contribution in [2.75, 3.05) is 16.2 Å². The molecule has 1 N–H and O–H groups in total. The van der Waals surface area contributed by atoms with Gasteiger partial charge in [-0.05, 0) is 37.1 Å². The van der Waals surface area contributed by atoms with Gasteiger partial charge in [-0.25, -0.2) is 4.72 Å². The standard InChI is InChI=1S/C20H22N2O2S/c1-3-12-22-19-10-9-18(13-17(19)8-11-20(22)23)21-25(24)14-16-6-4-15(2)5-7-16/h3-7,9-10,13,21H,1,8,11-12,14H2,2H3. The van der Waals surface area contributed by atoms with Gasteiger partial charge in [-0.2, -0.15) is 0 Å². The molecule has 130 valence electrons. The van der Waals surface area contributed by atoms with Crippen molar-refractivity contribution in [1.29, 1.82) is 0 Å². The van der Waals surface area contributed by atoms with E-state index in [1.54, 1.807) is 11.0 Å². The lowest BCUT2D eigenvalue weighted by Gasteiger charge is -2.29. The lowest BCUT2D eigenvalue weighted by atomic mass is 10.0. The van der Waals surface area contributed by atoms with E-state index in [-0.39, 0.29) is 5.91 Å². The van der Waals surface area contributed by atoms with Gasteiger partial charge in [-0.15, -0.1) is 6.58 Å². The molecule has 0 aliphatic carbocycles. The summed E-state index contributed by atoms with van der Waals surface area (Å²) in [4.78, 5) is 13.8. The number of hydrogen-bond donors (Lipinski definition) is 1. The zero-order valence-electron chi connectivity index (χ0n) is 14.3. The van der Waals surface area contributed by atoms with E-state index in [0.717, 1.165) is 22.5 Å². The molecule has 25 heavy (non-hydrogen) atoms. The molecule has 5 heteroatoms. The number of carbonyl (C=O) groups is 1. The predicted octanol–water partition coefficient (Wildman–Crippen LogP) is 3.74. The summed E-state index contributed by atoms with van der Waals surface area (Å²) in [6, 6.07) is 13.8. The first kappa shape index (κ1) is 17.6. The van der Waals surface area contributed by atoms with Crippen LogP contribution in [0.3, 0.4) is 0 Å². The molecule has 0 aromatic heterocycles. The third-order valence-corrected chi connectivity index (χ3v) is 5.30. The molecule has 2 aromatic carbocycles. The third-order valence-electron chi connectivity index (χ3n) is 4.24. The molecular weight excluding hydrogens is 332 g/mol. The van der Waals surface area contributed by atoms with E-state index in [4.69, 9.17) is 0 Å². The molecule has 0 bridgehead atoms. The first-order chi connectivity index (χ1) is 12.1. The average Bonchev–Trinajstić information content (AvgIpc) is 2.59. The van der Waals surface area contributed by atoms with E-state index in [1.165, 1.54) is 5.56 Å².